The number of amides is 1. The van der Waals surface area contributed by atoms with E-state index in [1.54, 1.807) is 6.07 Å². The predicted molar refractivity (Wildman–Crippen MR) is 124 cm³/mol. The van der Waals surface area contributed by atoms with Crippen LogP contribution >= 0.6 is 12.4 Å². The zero-order valence-corrected chi connectivity index (χ0v) is 17.9. The Bertz CT molecular complexity index is 1230. The van der Waals surface area contributed by atoms with Crippen LogP contribution in [0.5, 0.6) is 0 Å². The molecule has 0 aliphatic heterocycles. The third kappa shape index (κ3) is 4.18. The second-order valence-corrected chi connectivity index (χ2v) is 8.13. The van der Waals surface area contributed by atoms with Gasteiger partial charge in [0.1, 0.15) is 5.82 Å². The Kier molecular flexibility index (Phi) is 5.88. The van der Waals surface area contributed by atoms with Crippen LogP contribution < -0.4 is 11.1 Å². The molecule has 0 spiro atoms. The maximum Gasteiger partial charge on any atom is 0.231 e. The number of aromatic amines is 1. The van der Waals surface area contributed by atoms with Crippen molar-refractivity contribution in [3.05, 3.63) is 77.6 Å². The maximum atomic E-state index is 13.5. The molecular formula is C24H25ClFN3O. The third-order valence-electron chi connectivity index (χ3n) is 5.35. The Morgan fingerprint density at radius 1 is 1.03 bits per heavy atom. The molecule has 4 nitrogen and oxygen atoms in total. The van der Waals surface area contributed by atoms with E-state index in [0.717, 1.165) is 38.6 Å². The van der Waals surface area contributed by atoms with Crippen molar-refractivity contribution in [1.29, 1.82) is 0 Å². The Morgan fingerprint density at radius 2 is 1.70 bits per heavy atom. The van der Waals surface area contributed by atoms with Gasteiger partial charge in [0, 0.05) is 33.0 Å². The predicted octanol–water partition coefficient (Wildman–Crippen LogP) is 5.82. The van der Waals surface area contributed by atoms with Crippen molar-refractivity contribution < 1.29 is 9.18 Å². The fourth-order valence-electron chi connectivity index (χ4n) is 3.57. The molecule has 0 radical (unpaired) electrons. The molecule has 4 N–H and O–H groups in total. The first-order chi connectivity index (χ1) is 13.7. The van der Waals surface area contributed by atoms with E-state index in [9.17, 15) is 9.18 Å². The number of fused-ring (bicyclic) bond motifs is 3. The summed E-state index contributed by atoms with van der Waals surface area (Å²) in [6.07, 6.45) is 0. The highest BCUT2D eigenvalue weighted by atomic mass is 35.5. The van der Waals surface area contributed by atoms with E-state index in [1.165, 1.54) is 12.1 Å². The number of rotatable bonds is 4. The van der Waals surface area contributed by atoms with E-state index in [4.69, 9.17) is 5.73 Å². The molecule has 156 valence electrons. The number of carbonyl (C=O) groups is 1. The molecule has 0 aliphatic carbocycles. The molecule has 0 bridgehead atoms. The van der Waals surface area contributed by atoms with Crippen LogP contribution in [0.1, 0.15) is 37.8 Å². The van der Waals surface area contributed by atoms with Gasteiger partial charge in [0.25, 0.3) is 0 Å². The number of nitrogens with one attached hydrogen (secondary N) is 2. The van der Waals surface area contributed by atoms with Gasteiger partial charge in [0.05, 0.1) is 5.92 Å². The first-order valence-electron chi connectivity index (χ1n) is 9.63. The van der Waals surface area contributed by atoms with Gasteiger partial charge in [-0.1, -0.05) is 24.3 Å². The lowest BCUT2D eigenvalue weighted by atomic mass is 9.95. The highest BCUT2D eigenvalue weighted by molar-refractivity contribution is 6.07. The van der Waals surface area contributed by atoms with Crippen LogP contribution in [0, 0.1) is 5.82 Å². The van der Waals surface area contributed by atoms with Crippen molar-refractivity contribution in [3.63, 3.8) is 0 Å². The monoisotopic (exact) mass is 425 g/mol. The van der Waals surface area contributed by atoms with Gasteiger partial charge in [0.15, 0.2) is 0 Å². The summed E-state index contributed by atoms with van der Waals surface area (Å²) >= 11 is 0. The molecule has 4 rings (SSSR count). The first-order valence-corrected chi connectivity index (χ1v) is 9.63. The van der Waals surface area contributed by atoms with Crippen molar-refractivity contribution in [3.8, 4) is 0 Å². The summed E-state index contributed by atoms with van der Waals surface area (Å²) in [5.41, 5.74) is 9.87. The van der Waals surface area contributed by atoms with E-state index >= 15 is 0 Å². The molecular weight excluding hydrogens is 401 g/mol. The average molecular weight is 426 g/mol. The van der Waals surface area contributed by atoms with Crippen LogP contribution in [0.2, 0.25) is 0 Å². The lowest BCUT2D eigenvalue weighted by Crippen LogP contribution is -2.28. The summed E-state index contributed by atoms with van der Waals surface area (Å²) in [4.78, 5) is 16.1. The van der Waals surface area contributed by atoms with E-state index in [2.05, 4.69) is 10.3 Å². The zero-order chi connectivity index (χ0) is 20.8. The van der Waals surface area contributed by atoms with E-state index in [0.29, 0.717) is 0 Å². The summed E-state index contributed by atoms with van der Waals surface area (Å²) in [7, 11) is 0. The summed E-state index contributed by atoms with van der Waals surface area (Å²) in [6, 6.07) is 18.2. The molecule has 0 fully saturated rings. The number of halogens is 2. The number of hydrogen-bond donors (Lipinski definition) is 3. The van der Waals surface area contributed by atoms with Gasteiger partial charge in [-0.2, -0.15) is 0 Å². The van der Waals surface area contributed by atoms with Gasteiger partial charge >= 0.3 is 0 Å². The Hall–Kier alpha value is -2.89. The van der Waals surface area contributed by atoms with Gasteiger partial charge in [-0.25, -0.2) is 4.39 Å². The fraction of sp³-hybridized carbons (Fsp3) is 0.208. The molecule has 0 saturated carbocycles. The minimum Gasteiger partial charge on any atom is -0.354 e. The highest BCUT2D eigenvalue weighted by Gasteiger charge is 2.19. The zero-order valence-electron chi connectivity index (χ0n) is 17.1. The van der Waals surface area contributed by atoms with E-state index < -0.39 is 5.54 Å². The quantitative estimate of drug-likeness (QED) is 0.385. The van der Waals surface area contributed by atoms with Crippen LogP contribution in [-0.2, 0) is 10.3 Å². The number of nitrogens with two attached hydrogens (primary N) is 1. The van der Waals surface area contributed by atoms with Crippen molar-refractivity contribution in [2.24, 2.45) is 5.73 Å². The molecule has 6 heteroatoms. The van der Waals surface area contributed by atoms with Crippen molar-refractivity contribution in [2.75, 3.05) is 5.32 Å². The summed E-state index contributed by atoms with van der Waals surface area (Å²) in [5, 5.41) is 4.95. The van der Waals surface area contributed by atoms with Crippen molar-refractivity contribution >= 4 is 45.8 Å². The Labute approximate surface area is 181 Å². The topological polar surface area (TPSA) is 70.9 Å². The van der Waals surface area contributed by atoms with Crippen LogP contribution in [-0.4, -0.2) is 10.9 Å². The van der Waals surface area contributed by atoms with Crippen molar-refractivity contribution in [2.45, 2.75) is 32.2 Å². The third-order valence-corrected chi connectivity index (χ3v) is 5.35. The van der Waals surface area contributed by atoms with Crippen LogP contribution in [0.4, 0.5) is 10.1 Å². The first kappa shape index (κ1) is 21.8. The van der Waals surface area contributed by atoms with Crippen LogP contribution in [0.3, 0.4) is 0 Å². The lowest BCUT2D eigenvalue weighted by molar-refractivity contribution is -0.117. The molecule has 30 heavy (non-hydrogen) atoms. The van der Waals surface area contributed by atoms with E-state index in [-0.39, 0.29) is 30.0 Å². The molecule has 1 unspecified atom stereocenters. The number of anilines is 1. The van der Waals surface area contributed by atoms with Gasteiger partial charge in [0.2, 0.25) is 5.91 Å². The molecule has 1 aromatic heterocycles. The second-order valence-electron chi connectivity index (χ2n) is 8.13. The number of H-pyrrole nitrogens is 1. The molecule has 0 saturated heterocycles. The average Bonchev–Trinajstić information content (AvgIpc) is 3.03. The van der Waals surface area contributed by atoms with Gasteiger partial charge in [-0.15, -0.1) is 12.4 Å². The Balaban J connectivity index is 0.00000256. The Morgan fingerprint density at radius 3 is 2.40 bits per heavy atom. The minimum absolute atomic E-state index is 0. The number of hydrogen-bond acceptors (Lipinski definition) is 2. The van der Waals surface area contributed by atoms with Crippen molar-refractivity contribution in [1.82, 2.24) is 4.98 Å². The summed E-state index contributed by atoms with van der Waals surface area (Å²) in [5.74, 6) is -0.726. The number of carbonyl (C=O) groups excluding carboxylic acids is 1. The minimum atomic E-state index is -0.480. The van der Waals surface area contributed by atoms with Gasteiger partial charge < -0.3 is 16.0 Å². The molecule has 0 aliphatic rings. The normalized spacial score (nSPS) is 12.6. The highest BCUT2D eigenvalue weighted by Crippen LogP contribution is 2.29. The summed E-state index contributed by atoms with van der Waals surface area (Å²) in [6.45, 7) is 5.73. The lowest BCUT2D eigenvalue weighted by Gasteiger charge is -2.20. The molecule has 4 aromatic rings. The molecule has 3 aromatic carbocycles. The number of aromatic nitrogens is 1. The summed E-state index contributed by atoms with van der Waals surface area (Å²) < 4.78 is 13.5. The molecule has 1 heterocycles. The SMILES string of the molecule is CC(C(=O)Nc1cccc(C(C)(C)N)c1)c1ccc2c(c1)[nH]c1cc(F)ccc12.Cl. The van der Waals surface area contributed by atoms with Crippen LogP contribution in [0.25, 0.3) is 21.8 Å². The molecule has 1 atom stereocenters. The molecule has 1 amide bonds. The smallest absolute Gasteiger partial charge is 0.231 e. The largest absolute Gasteiger partial charge is 0.354 e. The fourth-order valence-corrected chi connectivity index (χ4v) is 3.57. The number of benzene rings is 3. The van der Waals surface area contributed by atoms with Gasteiger partial charge in [-0.3, -0.25) is 4.79 Å². The van der Waals surface area contributed by atoms with Crippen LogP contribution in [0.15, 0.2) is 60.7 Å². The maximum absolute atomic E-state index is 13.5. The second kappa shape index (κ2) is 8.09. The standard InChI is InChI=1S/C24H24FN3O.ClH/c1-14(23(29)27-18-6-4-5-16(12-18)24(2,3)26)15-7-9-19-20-10-8-17(25)13-22(20)28-21(19)11-15;/h4-14,28H,26H2,1-3H3,(H,27,29);1H. The van der Waals surface area contributed by atoms with Gasteiger partial charge in [-0.05, 0) is 68.3 Å². The van der Waals surface area contributed by atoms with E-state index in [1.807, 2.05) is 63.2 Å².